The van der Waals surface area contributed by atoms with Gasteiger partial charge in [-0.2, -0.15) is 4.31 Å². The SMILES string of the molecule is CC1CC(C)N(S(=O)(=O)c2cc(Br)cnc2NN)C1. The van der Waals surface area contributed by atoms with Crippen molar-refractivity contribution in [3.8, 4) is 0 Å². The van der Waals surface area contributed by atoms with Crippen molar-refractivity contribution in [1.29, 1.82) is 0 Å². The fourth-order valence-corrected chi connectivity index (χ4v) is 4.83. The van der Waals surface area contributed by atoms with Crippen molar-refractivity contribution in [2.75, 3.05) is 12.0 Å². The third kappa shape index (κ3) is 2.76. The van der Waals surface area contributed by atoms with Crippen molar-refractivity contribution < 1.29 is 8.42 Å². The lowest BCUT2D eigenvalue weighted by Gasteiger charge is -2.22. The average Bonchev–Trinajstić information content (AvgIpc) is 2.69. The van der Waals surface area contributed by atoms with Gasteiger partial charge in [0.25, 0.3) is 0 Å². The number of nitrogens with two attached hydrogens (primary N) is 1. The van der Waals surface area contributed by atoms with Gasteiger partial charge in [-0.1, -0.05) is 6.92 Å². The van der Waals surface area contributed by atoms with E-state index in [0.717, 1.165) is 6.42 Å². The summed E-state index contributed by atoms with van der Waals surface area (Å²) < 4.78 is 27.5. The highest BCUT2D eigenvalue weighted by atomic mass is 79.9. The first kappa shape index (κ1) is 14.7. The van der Waals surface area contributed by atoms with E-state index in [4.69, 9.17) is 5.84 Å². The van der Waals surface area contributed by atoms with Gasteiger partial charge in [-0.15, -0.1) is 0 Å². The Morgan fingerprint density at radius 2 is 2.21 bits per heavy atom. The molecule has 1 aliphatic rings. The summed E-state index contributed by atoms with van der Waals surface area (Å²) in [7, 11) is -3.59. The van der Waals surface area contributed by atoms with E-state index in [1.54, 1.807) is 0 Å². The Morgan fingerprint density at radius 1 is 1.53 bits per heavy atom. The van der Waals surface area contributed by atoms with Gasteiger partial charge in [0.2, 0.25) is 10.0 Å². The molecule has 8 heteroatoms. The van der Waals surface area contributed by atoms with Crippen LogP contribution in [-0.4, -0.2) is 30.3 Å². The Kier molecular flexibility index (Phi) is 4.14. The molecular formula is C11H17BrN4O2S. The molecule has 2 atom stereocenters. The van der Waals surface area contributed by atoms with Crippen LogP contribution in [-0.2, 0) is 10.0 Å². The first-order chi connectivity index (χ1) is 8.86. The molecule has 0 bridgehead atoms. The molecule has 0 aromatic carbocycles. The third-order valence-electron chi connectivity index (χ3n) is 3.27. The summed E-state index contributed by atoms with van der Waals surface area (Å²) in [6, 6.07) is 1.51. The molecule has 0 saturated carbocycles. The molecule has 2 rings (SSSR count). The Labute approximate surface area is 121 Å². The van der Waals surface area contributed by atoms with Crippen molar-refractivity contribution in [3.05, 3.63) is 16.7 Å². The molecule has 1 fully saturated rings. The first-order valence-corrected chi connectivity index (χ1v) is 8.23. The molecule has 1 aromatic heterocycles. The van der Waals surface area contributed by atoms with E-state index in [1.165, 1.54) is 16.6 Å². The van der Waals surface area contributed by atoms with Crippen LogP contribution in [0.3, 0.4) is 0 Å². The van der Waals surface area contributed by atoms with Crippen molar-refractivity contribution in [2.24, 2.45) is 11.8 Å². The number of nitrogen functional groups attached to an aromatic ring is 1. The number of aromatic nitrogens is 1. The number of anilines is 1. The Balaban J connectivity index is 2.48. The highest BCUT2D eigenvalue weighted by Crippen LogP contribution is 2.32. The molecule has 6 nitrogen and oxygen atoms in total. The van der Waals surface area contributed by atoms with Crippen LogP contribution >= 0.6 is 15.9 Å². The normalized spacial score (nSPS) is 24.6. The van der Waals surface area contributed by atoms with Crippen LogP contribution in [0, 0.1) is 5.92 Å². The first-order valence-electron chi connectivity index (χ1n) is 6.00. The number of nitrogens with one attached hydrogen (secondary N) is 1. The zero-order valence-electron chi connectivity index (χ0n) is 10.8. The quantitative estimate of drug-likeness (QED) is 0.639. The maximum Gasteiger partial charge on any atom is 0.247 e. The van der Waals surface area contributed by atoms with Gasteiger partial charge in [0, 0.05) is 23.3 Å². The molecular weight excluding hydrogens is 332 g/mol. The van der Waals surface area contributed by atoms with E-state index in [0.29, 0.717) is 16.9 Å². The number of hydrogen-bond donors (Lipinski definition) is 2. The zero-order valence-corrected chi connectivity index (χ0v) is 13.2. The summed E-state index contributed by atoms with van der Waals surface area (Å²) in [5, 5.41) is 0. The topological polar surface area (TPSA) is 88.3 Å². The lowest BCUT2D eigenvalue weighted by atomic mass is 10.1. The number of nitrogens with zero attached hydrogens (tertiary/aromatic N) is 2. The summed E-state index contributed by atoms with van der Waals surface area (Å²) >= 11 is 3.24. The number of pyridine rings is 1. The lowest BCUT2D eigenvalue weighted by Crippen LogP contribution is -2.34. The number of hydrazine groups is 1. The van der Waals surface area contributed by atoms with Crippen LogP contribution in [0.5, 0.6) is 0 Å². The van der Waals surface area contributed by atoms with Crippen LogP contribution < -0.4 is 11.3 Å². The Hall–Kier alpha value is -0.700. The van der Waals surface area contributed by atoms with Gasteiger partial charge in [0.1, 0.15) is 4.90 Å². The molecule has 2 unspecified atom stereocenters. The second kappa shape index (κ2) is 5.35. The monoisotopic (exact) mass is 348 g/mol. The average molecular weight is 349 g/mol. The van der Waals surface area contributed by atoms with Crippen LogP contribution in [0.1, 0.15) is 20.3 Å². The molecule has 19 heavy (non-hydrogen) atoms. The fraction of sp³-hybridized carbons (Fsp3) is 0.545. The number of sulfonamides is 1. The molecule has 1 saturated heterocycles. The van der Waals surface area contributed by atoms with Gasteiger partial charge in [0.05, 0.1) is 0 Å². The maximum absolute atomic E-state index is 12.7. The predicted molar refractivity (Wildman–Crippen MR) is 76.9 cm³/mol. The predicted octanol–water partition coefficient (Wildman–Crippen LogP) is 1.55. The number of hydrogen-bond acceptors (Lipinski definition) is 5. The molecule has 0 spiro atoms. The van der Waals surface area contributed by atoms with Crippen LogP contribution in [0.2, 0.25) is 0 Å². The zero-order chi connectivity index (χ0) is 14.2. The standard InChI is InChI=1S/C11H17BrN4O2S/c1-7-3-8(2)16(6-7)19(17,18)10-4-9(12)5-14-11(10)15-13/h4-5,7-8H,3,6,13H2,1-2H3,(H,14,15). The molecule has 0 radical (unpaired) electrons. The lowest BCUT2D eigenvalue weighted by molar-refractivity contribution is 0.405. The highest BCUT2D eigenvalue weighted by Gasteiger charge is 2.37. The van der Waals surface area contributed by atoms with E-state index < -0.39 is 10.0 Å². The van der Waals surface area contributed by atoms with Crippen molar-refractivity contribution in [2.45, 2.75) is 31.2 Å². The summed E-state index contributed by atoms with van der Waals surface area (Å²) in [5.74, 6) is 5.87. The van der Waals surface area contributed by atoms with Gasteiger partial charge in [-0.3, -0.25) is 0 Å². The minimum atomic E-state index is -3.59. The van der Waals surface area contributed by atoms with E-state index in [1.807, 2.05) is 13.8 Å². The maximum atomic E-state index is 12.7. The van der Waals surface area contributed by atoms with Crippen LogP contribution in [0.25, 0.3) is 0 Å². The summed E-state index contributed by atoms with van der Waals surface area (Å²) in [5.41, 5.74) is 2.34. The van der Waals surface area contributed by atoms with E-state index in [2.05, 4.69) is 26.3 Å². The van der Waals surface area contributed by atoms with Gasteiger partial charge in [-0.05, 0) is 41.3 Å². The van der Waals surface area contributed by atoms with Crippen molar-refractivity contribution >= 4 is 31.8 Å². The largest absolute Gasteiger partial charge is 0.307 e. The molecule has 1 aliphatic heterocycles. The second-order valence-corrected chi connectivity index (χ2v) is 7.68. The van der Waals surface area contributed by atoms with Gasteiger partial charge < -0.3 is 5.43 Å². The van der Waals surface area contributed by atoms with E-state index in [-0.39, 0.29) is 16.8 Å². The molecule has 1 aromatic rings. The molecule has 0 amide bonds. The minimum Gasteiger partial charge on any atom is -0.307 e. The van der Waals surface area contributed by atoms with Crippen LogP contribution in [0.4, 0.5) is 5.82 Å². The Morgan fingerprint density at radius 3 is 2.74 bits per heavy atom. The van der Waals surface area contributed by atoms with Gasteiger partial charge in [-0.25, -0.2) is 19.2 Å². The molecule has 0 aliphatic carbocycles. The summed E-state index contributed by atoms with van der Waals surface area (Å²) in [6.45, 7) is 4.50. The summed E-state index contributed by atoms with van der Waals surface area (Å²) in [4.78, 5) is 4.09. The minimum absolute atomic E-state index is 0.00962. The highest BCUT2D eigenvalue weighted by molar-refractivity contribution is 9.10. The van der Waals surface area contributed by atoms with Gasteiger partial charge >= 0.3 is 0 Å². The number of rotatable bonds is 3. The van der Waals surface area contributed by atoms with E-state index >= 15 is 0 Å². The third-order valence-corrected chi connectivity index (χ3v) is 5.70. The fourth-order valence-electron chi connectivity index (χ4n) is 2.45. The second-order valence-electron chi connectivity index (χ2n) is 4.91. The van der Waals surface area contributed by atoms with Crippen molar-refractivity contribution in [1.82, 2.24) is 9.29 Å². The molecule has 106 valence electrons. The van der Waals surface area contributed by atoms with Crippen LogP contribution in [0.15, 0.2) is 21.6 Å². The van der Waals surface area contributed by atoms with Gasteiger partial charge in [0.15, 0.2) is 5.82 Å². The number of halogens is 1. The smallest absolute Gasteiger partial charge is 0.247 e. The van der Waals surface area contributed by atoms with Crippen molar-refractivity contribution in [3.63, 3.8) is 0 Å². The Bertz CT molecular complexity index is 578. The molecule has 2 heterocycles. The molecule has 3 N–H and O–H groups in total. The summed E-state index contributed by atoms with van der Waals surface area (Å²) in [6.07, 6.45) is 2.37. The van der Waals surface area contributed by atoms with E-state index in [9.17, 15) is 8.42 Å².